The Kier molecular flexibility index (Phi) is 11.0. The Balaban J connectivity index is 1.44. The Hall–Kier alpha value is -5.01. The first kappa shape index (κ1) is 45.8. The van der Waals surface area contributed by atoms with Crippen LogP contribution in [0, 0.1) is 0 Å². The van der Waals surface area contributed by atoms with Crippen LogP contribution in [0.3, 0.4) is 0 Å². The van der Waals surface area contributed by atoms with Gasteiger partial charge >= 0.3 is 0 Å². The van der Waals surface area contributed by atoms with Gasteiger partial charge in [-0.05, 0) is 104 Å². The van der Waals surface area contributed by atoms with E-state index < -0.39 is 0 Å². The maximum Gasteiger partial charge on any atom is 0.115 e. The summed E-state index contributed by atoms with van der Waals surface area (Å²) in [6.07, 6.45) is 0. The first-order chi connectivity index (χ1) is 31.7. The Labute approximate surface area is 415 Å². The molecule has 0 nitrogen and oxygen atoms in total. The summed E-state index contributed by atoms with van der Waals surface area (Å²) in [7, 11) is 130. The van der Waals surface area contributed by atoms with E-state index in [1.807, 2.05) is 42.5 Å². The van der Waals surface area contributed by atoms with Crippen molar-refractivity contribution >= 4 is 318 Å². The lowest BCUT2D eigenvalue weighted by Crippen LogP contribution is -2.53. The van der Waals surface area contributed by atoms with Gasteiger partial charge < -0.3 is 0 Å². The number of benzene rings is 10. The van der Waals surface area contributed by atoms with E-state index in [0.717, 1.165) is 32.3 Å². The molecule has 0 saturated carbocycles. The average Bonchev–Trinajstić information content (AvgIpc) is 3.32. The van der Waals surface area contributed by atoms with E-state index in [1.54, 1.807) is 0 Å². The molecule has 0 atom stereocenters. The van der Waals surface area contributed by atoms with Crippen molar-refractivity contribution in [3.8, 4) is 33.4 Å². The van der Waals surface area contributed by atoms with E-state index in [-0.39, 0.29) is 158 Å². The fourth-order valence-corrected chi connectivity index (χ4v) is 10.1. The summed E-state index contributed by atoms with van der Waals surface area (Å²) in [5.74, 6) is 0. The van der Waals surface area contributed by atoms with Crippen molar-refractivity contribution in [3.63, 3.8) is 0 Å². The highest BCUT2D eigenvalue weighted by molar-refractivity contribution is 6.76. The molecule has 19 heteroatoms. The molecule has 0 unspecified atom stereocenters. The van der Waals surface area contributed by atoms with Crippen LogP contribution in [-0.4, -0.2) is 149 Å². The molecule has 260 valence electrons. The van der Waals surface area contributed by atoms with Crippen LogP contribution in [0.5, 0.6) is 0 Å². The molecule has 0 fully saturated rings. The molecule has 0 spiro atoms. The van der Waals surface area contributed by atoms with Crippen molar-refractivity contribution in [1.82, 2.24) is 0 Å². The molecule has 10 rings (SSSR count). The van der Waals surface area contributed by atoms with Crippen molar-refractivity contribution in [3.05, 3.63) is 66.7 Å². The van der Waals surface area contributed by atoms with Gasteiger partial charge in [0.25, 0.3) is 0 Å². The predicted molar refractivity (Wildman–Crippen MR) is 310 cm³/mol. The van der Waals surface area contributed by atoms with Crippen molar-refractivity contribution in [2.45, 2.75) is 0 Å². The van der Waals surface area contributed by atoms with Gasteiger partial charge in [-0.25, -0.2) is 0 Å². The average molecular weight is 793 g/mol. The summed E-state index contributed by atoms with van der Waals surface area (Å²) < 4.78 is 0. The lowest BCUT2D eigenvalue weighted by molar-refractivity contribution is 1.74. The maximum atomic E-state index is 7.42. The second kappa shape index (κ2) is 16.0. The van der Waals surface area contributed by atoms with E-state index in [1.165, 1.54) is 0 Å². The monoisotopic (exact) mass is 796 g/mol. The summed E-state index contributed by atoms with van der Waals surface area (Å²) in [4.78, 5) is 0. The van der Waals surface area contributed by atoms with Crippen LogP contribution in [0.1, 0.15) is 0 Å². The molecule has 0 amide bonds. The summed E-state index contributed by atoms with van der Waals surface area (Å²) in [6, 6.07) is 22.3. The van der Waals surface area contributed by atoms with Crippen LogP contribution in [0.2, 0.25) is 0 Å². The Morgan fingerprint density at radius 2 is 0.448 bits per heavy atom. The summed E-state index contributed by atoms with van der Waals surface area (Å²) in [5, 5.41) is 6.88. The molecule has 10 aromatic rings. The minimum atomic E-state index is -0.105. The number of fused-ring (bicyclic) bond motifs is 9. The molecular weight excluding hydrogens is 782 g/mol. The summed E-state index contributed by atoms with van der Waals surface area (Å²) in [6.45, 7) is 0. The van der Waals surface area contributed by atoms with Gasteiger partial charge in [0.2, 0.25) is 0 Å². The van der Waals surface area contributed by atoms with Crippen molar-refractivity contribution in [2.24, 2.45) is 0 Å². The number of rotatable bonds is 3. The first-order valence-corrected chi connectivity index (χ1v) is 20.6. The van der Waals surface area contributed by atoms with Crippen LogP contribution in [0.4, 0.5) is 0 Å². The molecule has 0 aliphatic carbocycles. The Bertz CT molecular complexity index is 3860. The van der Waals surface area contributed by atoms with Crippen LogP contribution < -0.4 is 104 Å². The molecule has 10 aromatic carbocycles. The lowest BCUT2D eigenvalue weighted by Gasteiger charge is -2.33. The fraction of sp³-hybridized carbons (Fsp3) is 0. The van der Waals surface area contributed by atoms with E-state index in [4.69, 9.17) is 149 Å². The normalized spacial score (nSPS) is 11.8. The molecule has 38 radical (unpaired) electrons. The fourth-order valence-electron chi connectivity index (χ4n) is 10.1. The van der Waals surface area contributed by atoms with E-state index in [2.05, 4.69) is 24.3 Å². The molecule has 0 aromatic heterocycles. The highest BCUT2D eigenvalue weighted by Crippen LogP contribution is 2.41. The van der Waals surface area contributed by atoms with Gasteiger partial charge in [0, 0.05) is 0 Å². The zero-order chi connectivity index (χ0) is 48.1. The highest BCUT2D eigenvalue weighted by atomic mass is 14.3. The van der Waals surface area contributed by atoms with Gasteiger partial charge in [-0.3, -0.25) is 0 Å². The van der Waals surface area contributed by atoms with Gasteiger partial charge in [-0.15, -0.1) is 38.2 Å². The zero-order valence-electron chi connectivity index (χ0n) is 35.8. The summed E-state index contributed by atoms with van der Waals surface area (Å²) in [5.41, 5.74) is 0.360. The molecule has 67 heavy (non-hydrogen) atoms. The molecule has 0 heterocycles. The molecule has 0 saturated heterocycles. The van der Waals surface area contributed by atoms with Crippen molar-refractivity contribution in [1.29, 1.82) is 0 Å². The van der Waals surface area contributed by atoms with Gasteiger partial charge in [-0.1, -0.05) is 126 Å². The second-order valence-electron chi connectivity index (χ2n) is 16.8. The largest absolute Gasteiger partial charge is 0.115 e. The first-order valence-electron chi connectivity index (χ1n) is 20.6. The van der Waals surface area contributed by atoms with Crippen molar-refractivity contribution < 1.29 is 0 Å². The molecule has 0 N–H and O–H groups in total. The van der Waals surface area contributed by atoms with Gasteiger partial charge in [0.05, 0.1) is 0 Å². The van der Waals surface area contributed by atoms with Crippen LogP contribution in [0.25, 0.3) is 98.0 Å². The van der Waals surface area contributed by atoms with Gasteiger partial charge in [0.15, 0.2) is 0 Å². The molecule has 0 aliphatic heterocycles. The highest BCUT2D eigenvalue weighted by Gasteiger charge is 2.29. The van der Waals surface area contributed by atoms with Gasteiger partial charge in [0.1, 0.15) is 149 Å². The summed E-state index contributed by atoms with van der Waals surface area (Å²) >= 11 is 0. The van der Waals surface area contributed by atoms with Crippen molar-refractivity contribution in [2.75, 3.05) is 0 Å². The van der Waals surface area contributed by atoms with E-state index >= 15 is 0 Å². The minimum absolute atomic E-state index is 0.00795. The SMILES string of the molecule is [B]c1c([B])c(-c2ccc3c4ccccc4c4ccccc4c3c2)c([B])c(-c2c3c([B])c([B])c([B])c([B])c3c(-c3c([B])c([B])c4c([B])c([B])c([B])c([B])c4c3[B])c3c([B])c([B])c([B])c([B])c23)c1[B]. The zero-order valence-corrected chi connectivity index (χ0v) is 35.8. The van der Waals surface area contributed by atoms with Crippen LogP contribution in [0.15, 0.2) is 66.7 Å². The topological polar surface area (TPSA) is 0 Å². The lowest BCUT2D eigenvalue weighted by atomic mass is 9.55. The van der Waals surface area contributed by atoms with Crippen LogP contribution in [-0.2, 0) is 0 Å². The molecular formula is C48H11B19. The molecule has 0 bridgehead atoms. The van der Waals surface area contributed by atoms with Crippen LogP contribution >= 0.6 is 0 Å². The van der Waals surface area contributed by atoms with E-state index in [0.29, 0.717) is 11.1 Å². The number of hydrogen-bond donors (Lipinski definition) is 0. The Morgan fingerprint density at radius 1 is 0.179 bits per heavy atom. The Morgan fingerprint density at radius 3 is 0.851 bits per heavy atom. The number of hydrogen-bond acceptors (Lipinski definition) is 0. The van der Waals surface area contributed by atoms with E-state index in [9.17, 15) is 0 Å². The van der Waals surface area contributed by atoms with Gasteiger partial charge in [-0.2, -0.15) is 0 Å². The predicted octanol–water partition coefficient (Wildman–Crippen LogP) is -9.31. The molecule has 0 aliphatic rings. The smallest absolute Gasteiger partial charge is 0.110 e. The third-order valence-corrected chi connectivity index (χ3v) is 13.5. The second-order valence-corrected chi connectivity index (χ2v) is 16.8. The maximum absolute atomic E-state index is 7.42. The third kappa shape index (κ3) is 6.14. The quantitative estimate of drug-likeness (QED) is 0.0950. The minimum Gasteiger partial charge on any atom is -0.110 e. The third-order valence-electron chi connectivity index (χ3n) is 13.5. The standard InChI is InChI=1S/C48H11B19/c49-30-19(12-9-10-17-15-7-2-1-5-13(15)14-6-3-4-8-16(14)18(17)11-12)32(51)42(61)39(58)26(30)20-22-24(35(54)45(64)43(62)33(22)52)21(25-23(20)34(53)44(63)46(65)36(25)55)27-31(50)28-29(38(57)37(27)56)41(60)48(67)47(66)40(28)59/h1-11H.